The zero-order chi connectivity index (χ0) is 22.4. The van der Waals surface area contributed by atoms with Crippen molar-refractivity contribution in [1.29, 1.82) is 0 Å². The number of rotatable bonds is 5. The normalized spacial score (nSPS) is 18.7. The van der Waals surface area contributed by atoms with Crippen molar-refractivity contribution >= 4 is 16.9 Å². The number of aromatic hydroxyl groups is 1. The van der Waals surface area contributed by atoms with Crippen molar-refractivity contribution in [3.63, 3.8) is 0 Å². The largest absolute Gasteiger partial charge is 0.508 e. The molecule has 2 aliphatic rings. The van der Waals surface area contributed by atoms with Crippen LogP contribution in [0.25, 0.3) is 10.9 Å². The highest BCUT2D eigenvalue weighted by molar-refractivity contribution is 5.85. The zero-order valence-electron chi connectivity index (χ0n) is 19.0. The molecule has 31 heavy (non-hydrogen) atoms. The molecule has 0 amide bonds. The smallest absolute Gasteiger partial charge is 0.311 e. The van der Waals surface area contributed by atoms with Crippen LogP contribution in [0.2, 0.25) is 0 Å². The van der Waals surface area contributed by atoms with Gasteiger partial charge in [-0.1, -0.05) is 34.6 Å². The van der Waals surface area contributed by atoms with Crippen molar-refractivity contribution in [2.45, 2.75) is 65.3 Å². The summed E-state index contributed by atoms with van der Waals surface area (Å²) in [6, 6.07) is 5.58. The van der Waals surface area contributed by atoms with E-state index in [1.54, 1.807) is 12.1 Å². The molecule has 164 valence electrons. The van der Waals surface area contributed by atoms with E-state index in [1.165, 1.54) is 11.1 Å². The van der Waals surface area contributed by atoms with Gasteiger partial charge in [0.05, 0.1) is 6.04 Å². The average Bonchev–Trinajstić information content (AvgIpc) is 3.30. The molecule has 0 saturated heterocycles. The molecule has 0 bridgehead atoms. The van der Waals surface area contributed by atoms with Crippen LogP contribution in [0.4, 0.5) is 0 Å². The number of benzene rings is 1. The Morgan fingerprint density at radius 2 is 2.00 bits per heavy atom. The second kappa shape index (κ2) is 7.63. The maximum Gasteiger partial charge on any atom is 0.311 e. The number of H-pyrrole nitrogens is 1. The summed E-state index contributed by atoms with van der Waals surface area (Å²) >= 11 is 0. The Hall–Kier alpha value is -2.95. The minimum absolute atomic E-state index is 0.0395. The maximum atomic E-state index is 12.6. The van der Waals surface area contributed by atoms with Crippen molar-refractivity contribution in [2.24, 2.45) is 5.41 Å². The van der Waals surface area contributed by atoms with Crippen molar-refractivity contribution < 1.29 is 14.6 Å². The number of phenols is 1. The third-order valence-electron chi connectivity index (χ3n) is 6.36. The number of aromatic amines is 1. The SMILES string of the molecule is CC(C)(C)C1=CNC2CC=C(OC(=O)CCC(C)(C)c3c[nH]c4ccc(O)cc34)C=C12. The van der Waals surface area contributed by atoms with E-state index in [4.69, 9.17) is 4.74 Å². The van der Waals surface area contributed by atoms with Gasteiger partial charge < -0.3 is 20.1 Å². The van der Waals surface area contributed by atoms with Crippen molar-refractivity contribution in [3.05, 3.63) is 65.2 Å². The second-order valence-electron chi connectivity index (χ2n) is 10.3. The predicted molar refractivity (Wildman–Crippen MR) is 124 cm³/mol. The fraction of sp³-hybridized carbons (Fsp3) is 0.423. The van der Waals surface area contributed by atoms with Crippen LogP contribution in [0.15, 0.2) is 59.7 Å². The Morgan fingerprint density at radius 1 is 1.23 bits per heavy atom. The summed E-state index contributed by atoms with van der Waals surface area (Å²) in [6.07, 6.45) is 9.85. The number of esters is 1. The first-order valence-electron chi connectivity index (χ1n) is 10.9. The molecule has 4 rings (SSSR count). The van der Waals surface area contributed by atoms with E-state index >= 15 is 0 Å². The van der Waals surface area contributed by atoms with Gasteiger partial charge in [-0.05, 0) is 70.7 Å². The van der Waals surface area contributed by atoms with Crippen LogP contribution in [0.5, 0.6) is 5.75 Å². The van der Waals surface area contributed by atoms with Crippen LogP contribution in [0.1, 0.15) is 59.4 Å². The van der Waals surface area contributed by atoms with Crippen LogP contribution in [-0.2, 0) is 14.9 Å². The number of carbonyl (C=O) groups excluding carboxylic acids is 1. The Kier molecular flexibility index (Phi) is 5.24. The first-order chi connectivity index (χ1) is 14.5. The maximum absolute atomic E-state index is 12.6. The Morgan fingerprint density at radius 3 is 2.74 bits per heavy atom. The molecule has 1 aromatic heterocycles. The summed E-state index contributed by atoms with van der Waals surface area (Å²) in [5.74, 6) is 0.665. The number of fused-ring (bicyclic) bond motifs is 2. The number of carbonyl (C=O) groups is 1. The minimum Gasteiger partial charge on any atom is -0.508 e. The lowest BCUT2D eigenvalue weighted by molar-refractivity contribution is -0.139. The lowest BCUT2D eigenvalue weighted by Gasteiger charge is -2.26. The van der Waals surface area contributed by atoms with E-state index in [1.807, 2.05) is 24.4 Å². The molecule has 0 spiro atoms. The molecule has 0 radical (unpaired) electrons. The van der Waals surface area contributed by atoms with Gasteiger partial charge in [0, 0.05) is 29.7 Å². The summed E-state index contributed by atoms with van der Waals surface area (Å²) in [7, 11) is 0. The highest BCUT2D eigenvalue weighted by Gasteiger charge is 2.32. The van der Waals surface area contributed by atoms with Gasteiger partial charge in [-0.2, -0.15) is 0 Å². The second-order valence-corrected chi connectivity index (χ2v) is 10.3. The van der Waals surface area contributed by atoms with Crippen LogP contribution in [0.3, 0.4) is 0 Å². The van der Waals surface area contributed by atoms with Crippen LogP contribution >= 0.6 is 0 Å². The monoisotopic (exact) mass is 420 g/mol. The van der Waals surface area contributed by atoms with Gasteiger partial charge in [-0.15, -0.1) is 0 Å². The van der Waals surface area contributed by atoms with Crippen LogP contribution < -0.4 is 5.32 Å². The Labute approximate surface area is 183 Å². The molecular formula is C26H32N2O3. The predicted octanol–water partition coefficient (Wildman–Crippen LogP) is 5.59. The number of hydrogen-bond donors (Lipinski definition) is 3. The molecule has 5 nitrogen and oxygen atoms in total. The van der Waals surface area contributed by atoms with Gasteiger partial charge in [-0.3, -0.25) is 4.79 Å². The van der Waals surface area contributed by atoms with Gasteiger partial charge in [0.25, 0.3) is 0 Å². The summed E-state index contributed by atoms with van der Waals surface area (Å²) < 4.78 is 5.72. The lowest BCUT2D eigenvalue weighted by Crippen LogP contribution is -2.24. The summed E-state index contributed by atoms with van der Waals surface area (Å²) in [5.41, 5.74) is 4.35. The highest BCUT2D eigenvalue weighted by Crippen LogP contribution is 2.39. The molecule has 5 heteroatoms. The van der Waals surface area contributed by atoms with E-state index in [0.29, 0.717) is 18.6 Å². The molecule has 3 N–H and O–H groups in total. The van der Waals surface area contributed by atoms with E-state index in [0.717, 1.165) is 22.9 Å². The van der Waals surface area contributed by atoms with Crippen molar-refractivity contribution in [2.75, 3.05) is 0 Å². The van der Waals surface area contributed by atoms with E-state index in [-0.39, 0.29) is 28.6 Å². The zero-order valence-corrected chi connectivity index (χ0v) is 19.0. The van der Waals surface area contributed by atoms with E-state index in [9.17, 15) is 9.90 Å². The topological polar surface area (TPSA) is 74.3 Å². The Bertz CT molecular complexity index is 1110. The number of allylic oxidation sites excluding steroid dienone is 1. The molecule has 2 aromatic rings. The quantitative estimate of drug-likeness (QED) is 0.551. The van der Waals surface area contributed by atoms with Gasteiger partial charge in [0.15, 0.2) is 0 Å². The van der Waals surface area contributed by atoms with Crippen molar-refractivity contribution in [1.82, 2.24) is 10.3 Å². The van der Waals surface area contributed by atoms with Crippen LogP contribution in [0, 0.1) is 5.41 Å². The molecule has 1 aliphatic carbocycles. The molecule has 1 atom stereocenters. The first kappa shape index (κ1) is 21.3. The molecular weight excluding hydrogens is 388 g/mol. The van der Waals surface area contributed by atoms with E-state index in [2.05, 4.69) is 51.1 Å². The molecule has 2 heterocycles. The summed E-state index contributed by atoms with van der Waals surface area (Å²) in [5, 5.41) is 14.3. The summed E-state index contributed by atoms with van der Waals surface area (Å²) in [4.78, 5) is 15.9. The number of nitrogens with one attached hydrogen (secondary N) is 2. The highest BCUT2D eigenvalue weighted by atomic mass is 16.5. The van der Waals surface area contributed by atoms with Gasteiger partial charge in [0.2, 0.25) is 0 Å². The van der Waals surface area contributed by atoms with Crippen LogP contribution in [-0.4, -0.2) is 22.1 Å². The molecule has 1 unspecified atom stereocenters. The van der Waals surface area contributed by atoms with Gasteiger partial charge in [-0.25, -0.2) is 0 Å². The minimum atomic E-state index is -0.243. The average molecular weight is 421 g/mol. The van der Waals surface area contributed by atoms with Crippen molar-refractivity contribution in [3.8, 4) is 5.75 Å². The number of aromatic nitrogens is 1. The van der Waals surface area contributed by atoms with Gasteiger partial charge in [0.1, 0.15) is 11.5 Å². The number of ether oxygens (including phenoxy) is 1. The third-order valence-corrected chi connectivity index (χ3v) is 6.36. The number of phenolic OH excluding ortho intramolecular Hbond substituents is 1. The molecule has 1 aliphatic heterocycles. The number of hydrogen-bond acceptors (Lipinski definition) is 4. The molecule has 0 saturated carbocycles. The first-order valence-corrected chi connectivity index (χ1v) is 10.9. The van der Waals surface area contributed by atoms with Gasteiger partial charge >= 0.3 is 5.97 Å². The fourth-order valence-corrected chi connectivity index (χ4v) is 4.49. The molecule has 0 fully saturated rings. The fourth-order valence-electron chi connectivity index (χ4n) is 4.49. The lowest BCUT2D eigenvalue weighted by atomic mass is 9.80. The third kappa shape index (κ3) is 4.27. The Balaban J connectivity index is 1.42. The van der Waals surface area contributed by atoms with E-state index < -0.39 is 0 Å². The standard InChI is InChI=1S/C26H32N2O3/c1-25(2,3)20-14-27-23-9-7-17(13-19(20)23)31-24(30)10-11-26(4,5)21-15-28-22-8-6-16(29)12-18(21)22/h6-8,12-15,23,27-29H,9-11H2,1-5H3. The molecule has 1 aromatic carbocycles. The summed E-state index contributed by atoms with van der Waals surface area (Å²) in [6.45, 7) is 10.8.